The number of nitrogens with zero attached hydrogens (tertiary/aromatic N) is 3. The van der Waals surface area contributed by atoms with Crippen LogP contribution >= 0.6 is 0 Å². The van der Waals surface area contributed by atoms with Gasteiger partial charge in [-0.25, -0.2) is 0 Å². The molecule has 5 rings (SSSR count). The van der Waals surface area contributed by atoms with Crippen molar-refractivity contribution in [3.63, 3.8) is 0 Å². The van der Waals surface area contributed by atoms with Crippen LogP contribution in [0.5, 0.6) is 0 Å². The fourth-order valence-electron chi connectivity index (χ4n) is 4.44. The summed E-state index contributed by atoms with van der Waals surface area (Å²) in [5.41, 5.74) is 4.36. The van der Waals surface area contributed by atoms with E-state index in [4.69, 9.17) is 0 Å². The van der Waals surface area contributed by atoms with Crippen LogP contribution in [0.25, 0.3) is 0 Å². The van der Waals surface area contributed by atoms with Gasteiger partial charge >= 0.3 is 0 Å². The Bertz CT molecular complexity index is 1090. The maximum absolute atomic E-state index is 12.9. The average molecular weight is 400 g/mol. The summed E-state index contributed by atoms with van der Waals surface area (Å²) < 4.78 is 1.66. The second kappa shape index (κ2) is 7.78. The Kier molecular flexibility index (Phi) is 4.83. The molecule has 1 aliphatic heterocycles. The molecular formula is C24H24N4O2. The highest BCUT2D eigenvalue weighted by molar-refractivity contribution is 5.98. The smallest absolute Gasteiger partial charge is 0.272 e. The molecule has 6 heteroatoms. The molecule has 2 heterocycles. The second-order valence-electron chi connectivity index (χ2n) is 7.97. The number of fused-ring (bicyclic) bond motifs is 2. The Hall–Kier alpha value is -3.41. The quantitative estimate of drug-likeness (QED) is 0.730. The minimum atomic E-state index is -0.221. The first-order chi connectivity index (χ1) is 14.7. The van der Waals surface area contributed by atoms with Gasteiger partial charge in [-0.05, 0) is 36.0 Å². The normalized spacial score (nSPS) is 17.9. The van der Waals surface area contributed by atoms with Gasteiger partial charge in [-0.15, -0.1) is 0 Å². The summed E-state index contributed by atoms with van der Waals surface area (Å²) in [5.74, 6) is -0.305. The number of hydrogen-bond acceptors (Lipinski definition) is 3. The van der Waals surface area contributed by atoms with Crippen molar-refractivity contribution in [3.05, 3.63) is 88.7 Å². The SMILES string of the molecule is O=C(N[C@@H]1CCCc2ccccc21)c1cc2n(n1)CCN(Cc1ccccc1)C2=O. The van der Waals surface area contributed by atoms with E-state index in [0.29, 0.717) is 31.0 Å². The van der Waals surface area contributed by atoms with E-state index in [1.807, 2.05) is 47.4 Å². The molecule has 3 aromatic rings. The molecule has 0 radical (unpaired) electrons. The highest BCUT2D eigenvalue weighted by Crippen LogP contribution is 2.29. The minimum Gasteiger partial charge on any atom is -0.344 e. The van der Waals surface area contributed by atoms with Gasteiger partial charge in [0.2, 0.25) is 0 Å². The lowest BCUT2D eigenvalue weighted by atomic mass is 9.87. The Morgan fingerprint density at radius 1 is 1.07 bits per heavy atom. The number of benzene rings is 2. The van der Waals surface area contributed by atoms with E-state index < -0.39 is 0 Å². The molecule has 152 valence electrons. The van der Waals surface area contributed by atoms with E-state index in [-0.39, 0.29) is 17.9 Å². The molecule has 0 fully saturated rings. The van der Waals surface area contributed by atoms with Gasteiger partial charge in [-0.1, -0.05) is 54.6 Å². The monoisotopic (exact) mass is 400 g/mol. The number of rotatable bonds is 4. The molecule has 1 atom stereocenters. The average Bonchev–Trinajstić information content (AvgIpc) is 3.22. The maximum Gasteiger partial charge on any atom is 0.272 e. The third-order valence-corrected chi connectivity index (χ3v) is 5.99. The molecule has 0 bridgehead atoms. The fraction of sp³-hybridized carbons (Fsp3) is 0.292. The van der Waals surface area contributed by atoms with E-state index in [2.05, 4.69) is 22.5 Å². The van der Waals surface area contributed by atoms with Crippen LogP contribution in [0.3, 0.4) is 0 Å². The van der Waals surface area contributed by atoms with Crippen molar-refractivity contribution in [3.8, 4) is 0 Å². The molecule has 1 aliphatic carbocycles. The third-order valence-electron chi connectivity index (χ3n) is 5.99. The highest BCUT2D eigenvalue weighted by Gasteiger charge is 2.29. The number of aryl methyl sites for hydroxylation is 1. The molecule has 0 saturated heterocycles. The van der Waals surface area contributed by atoms with Gasteiger partial charge < -0.3 is 10.2 Å². The summed E-state index contributed by atoms with van der Waals surface area (Å²) in [6.45, 7) is 1.73. The second-order valence-corrected chi connectivity index (χ2v) is 7.97. The molecule has 0 unspecified atom stereocenters. The number of nitrogens with one attached hydrogen (secondary N) is 1. The maximum atomic E-state index is 12.9. The van der Waals surface area contributed by atoms with Crippen LogP contribution in [0.1, 0.15) is 56.6 Å². The van der Waals surface area contributed by atoms with Crippen LogP contribution in [0.4, 0.5) is 0 Å². The van der Waals surface area contributed by atoms with Crippen LogP contribution in [-0.2, 0) is 19.5 Å². The van der Waals surface area contributed by atoms with Crippen molar-refractivity contribution in [2.24, 2.45) is 0 Å². The van der Waals surface area contributed by atoms with E-state index >= 15 is 0 Å². The molecule has 0 saturated carbocycles. The van der Waals surface area contributed by atoms with Gasteiger partial charge in [0.05, 0.1) is 12.6 Å². The number of carbonyl (C=O) groups is 2. The molecule has 6 nitrogen and oxygen atoms in total. The van der Waals surface area contributed by atoms with Gasteiger partial charge in [0.1, 0.15) is 5.69 Å². The number of hydrogen-bond donors (Lipinski definition) is 1. The molecular weight excluding hydrogens is 376 g/mol. The Labute approximate surface area is 175 Å². The van der Waals surface area contributed by atoms with Gasteiger partial charge in [0.15, 0.2) is 5.69 Å². The van der Waals surface area contributed by atoms with Crippen LogP contribution < -0.4 is 5.32 Å². The largest absolute Gasteiger partial charge is 0.344 e. The van der Waals surface area contributed by atoms with Crippen molar-refractivity contribution < 1.29 is 9.59 Å². The first kappa shape index (κ1) is 18.6. The zero-order chi connectivity index (χ0) is 20.5. The minimum absolute atomic E-state index is 0.00791. The Morgan fingerprint density at radius 2 is 1.87 bits per heavy atom. The zero-order valence-electron chi connectivity index (χ0n) is 16.8. The van der Waals surface area contributed by atoms with Gasteiger partial charge in [-0.3, -0.25) is 14.3 Å². The molecule has 1 aromatic heterocycles. The number of amides is 2. The van der Waals surface area contributed by atoms with Gasteiger partial charge in [0, 0.05) is 19.2 Å². The number of carbonyl (C=O) groups excluding carboxylic acids is 2. The predicted molar refractivity (Wildman–Crippen MR) is 113 cm³/mol. The summed E-state index contributed by atoms with van der Waals surface area (Å²) in [4.78, 5) is 27.7. The highest BCUT2D eigenvalue weighted by atomic mass is 16.2. The van der Waals surface area contributed by atoms with Crippen molar-refractivity contribution in [1.82, 2.24) is 20.0 Å². The van der Waals surface area contributed by atoms with Crippen LogP contribution in [-0.4, -0.2) is 33.0 Å². The van der Waals surface area contributed by atoms with Crippen molar-refractivity contribution in [1.29, 1.82) is 0 Å². The van der Waals surface area contributed by atoms with E-state index in [1.54, 1.807) is 10.7 Å². The van der Waals surface area contributed by atoms with E-state index in [9.17, 15) is 9.59 Å². The summed E-state index contributed by atoms with van der Waals surface area (Å²) in [5, 5.41) is 7.55. The first-order valence-electron chi connectivity index (χ1n) is 10.5. The topological polar surface area (TPSA) is 67.2 Å². The summed E-state index contributed by atoms with van der Waals surface area (Å²) in [7, 11) is 0. The standard InChI is InChI=1S/C24H24N4O2/c29-23(25-20-12-6-10-18-9-4-5-11-19(18)20)21-15-22-24(30)27(13-14-28(22)26-21)16-17-7-2-1-3-8-17/h1-5,7-9,11,15,20H,6,10,12-14,16H2,(H,25,29)/t20-/m1/s1. The summed E-state index contributed by atoms with van der Waals surface area (Å²) >= 11 is 0. The molecule has 2 aliphatic rings. The summed E-state index contributed by atoms with van der Waals surface area (Å²) in [6.07, 6.45) is 3.02. The summed E-state index contributed by atoms with van der Waals surface area (Å²) in [6, 6.07) is 19.8. The molecule has 30 heavy (non-hydrogen) atoms. The van der Waals surface area contributed by atoms with Gasteiger partial charge in [0.25, 0.3) is 11.8 Å². The lowest BCUT2D eigenvalue weighted by Crippen LogP contribution is -2.39. The van der Waals surface area contributed by atoms with E-state index in [1.165, 1.54) is 11.1 Å². The fourth-order valence-corrected chi connectivity index (χ4v) is 4.44. The Morgan fingerprint density at radius 3 is 2.73 bits per heavy atom. The van der Waals surface area contributed by atoms with Gasteiger partial charge in [-0.2, -0.15) is 5.10 Å². The molecule has 2 amide bonds. The molecule has 2 aromatic carbocycles. The first-order valence-corrected chi connectivity index (χ1v) is 10.5. The zero-order valence-corrected chi connectivity index (χ0v) is 16.8. The van der Waals surface area contributed by atoms with Crippen molar-refractivity contribution in [2.75, 3.05) is 6.54 Å². The molecule has 1 N–H and O–H groups in total. The lowest BCUT2D eigenvalue weighted by molar-refractivity contribution is 0.0683. The third kappa shape index (κ3) is 3.49. The number of aromatic nitrogens is 2. The van der Waals surface area contributed by atoms with E-state index in [0.717, 1.165) is 24.8 Å². The van der Waals surface area contributed by atoms with Crippen LogP contribution in [0, 0.1) is 0 Å². The predicted octanol–water partition coefficient (Wildman–Crippen LogP) is 3.35. The lowest BCUT2D eigenvalue weighted by Gasteiger charge is -2.27. The van der Waals surface area contributed by atoms with Crippen molar-refractivity contribution in [2.45, 2.75) is 38.4 Å². The Balaban J connectivity index is 1.32. The van der Waals surface area contributed by atoms with Crippen LogP contribution in [0.2, 0.25) is 0 Å². The molecule has 0 spiro atoms. The van der Waals surface area contributed by atoms with Crippen molar-refractivity contribution >= 4 is 11.8 Å². The van der Waals surface area contributed by atoms with Crippen LogP contribution in [0.15, 0.2) is 60.7 Å².